The number of aromatic nitrogens is 8. The highest BCUT2D eigenvalue weighted by molar-refractivity contribution is 7.87. The Kier molecular flexibility index (Phi) is 19.8. The Morgan fingerprint density at radius 1 is 0.667 bits per heavy atom. The van der Waals surface area contributed by atoms with Gasteiger partial charge in [0.15, 0.2) is 57.5 Å². The van der Waals surface area contributed by atoms with Gasteiger partial charge in [-0.1, -0.05) is 144 Å². The summed E-state index contributed by atoms with van der Waals surface area (Å²) in [4.78, 5) is 73.1. The van der Waals surface area contributed by atoms with Crippen LogP contribution in [-0.4, -0.2) is 133 Å². The summed E-state index contributed by atoms with van der Waals surface area (Å²) >= 11 is 0. The smallest absolute Gasteiger partial charge is 0.408 e. The summed E-state index contributed by atoms with van der Waals surface area (Å²) in [6, 6.07) is 18.7. The first-order chi connectivity index (χ1) is 43.2. The molecular weight excluding hydrogens is 1270 g/mol. The lowest BCUT2D eigenvalue weighted by Crippen LogP contribution is -2.60. The highest BCUT2D eigenvalue weighted by Crippen LogP contribution is 2.64. The number of nitrogens with one attached hydrogen (secondary N) is 4. The lowest BCUT2D eigenvalue weighted by Gasteiger charge is -2.47. The summed E-state index contributed by atoms with van der Waals surface area (Å²) in [5.74, 6) is -1.79. The summed E-state index contributed by atoms with van der Waals surface area (Å²) in [5.41, 5.74) is -9.81. The molecule has 10 rings (SSSR count). The number of benzene rings is 2. The zero-order valence-corrected chi connectivity index (χ0v) is 58.5. The molecule has 6 heterocycles. The van der Waals surface area contributed by atoms with Crippen LogP contribution in [0, 0.1) is 11.8 Å². The lowest BCUT2D eigenvalue weighted by atomic mass is 9.84. The van der Waals surface area contributed by atoms with Crippen molar-refractivity contribution in [3.8, 4) is 0 Å². The normalized spacial score (nSPS) is 24.8. The van der Waals surface area contributed by atoms with Crippen LogP contribution in [0.5, 0.6) is 0 Å². The number of anilines is 2. The number of alkyl halides is 3. The largest absolute Gasteiger partial charge is 0.523 e. The third-order valence-corrected chi connectivity index (χ3v) is 29.4. The number of aromatic amines is 2. The zero-order chi connectivity index (χ0) is 68.5. The van der Waals surface area contributed by atoms with E-state index in [1.807, 2.05) is 71.1 Å². The van der Waals surface area contributed by atoms with Crippen molar-refractivity contribution in [2.75, 3.05) is 10.6 Å². The van der Waals surface area contributed by atoms with E-state index in [0.29, 0.717) is 24.8 Å². The summed E-state index contributed by atoms with van der Waals surface area (Å²) in [5, 5.41) is 16.9. The van der Waals surface area contributed by atoms with Crippen molar-refractivity contribution in [2.45, 2.75) is 236 Å². The van der Waals surface area contributed by atoms with E-state index in [4.69, 9.17) is 32.0 Å². The molecule has 0 spiro atoms. The monoisotopic (exact) mass is 1350 g/mol. The summed E-state index contributed by atoms with van der Waals surface area (Å²) in [6.07, 6.45) is -2.21. The quantitative estimate of drug-likeness (QED) is 0.0240. The van der Waals surface area contributed by atoms with Crippen molar-refractivity contribution in [1.82, 2.24) is 39.0 Å². The van der Waals surface area contributed by atoms with Gasteiger partial charge in [0.25, 0.3) is 11.1 Å². The molecule has 5 N–H and O–H groups in total. The second-order valence-electron chi connectivity index (χ2n) is 28.4. The fraction of sp³-hybridized carbons (Fsp3) is 0.619. The molecule has 4 aromatic heterocycles. The first-order valence-electron chi connectivity index (χ1n) is 31.5. The molecule has 2 saturated heterocycles. The van der Waals surface area contributed by atoms with E-state index < -0.39 is 114 Å². The number of nitrogens with zero attached hydrogens (tertiary/aromatic N) is 6. The number of rotatable bonds is 22. The Hall–Kier alpha value is -6.07. The molecule has 0 radical (unpaired) electrons. The van der Waals surface area contributed by atoms with E-state index in [2.05, 4.69) is 74.4 Å². The fourth-order valence-electron chi connectivity index (χ4n) is 11.8. The number of carbonyl (C=O) groups excluding carboxylic acids is 2. The van der Waals surface area contributed by atoms with Gasteiger partial charge in [0.2, 0.25) is 23.7 Å². The zero-order valence-electron chi connectivity index (χ0n) is 55.7. The fourth-order valence-corrected chi connectivity index (χ4v) is 15.7. The van der Waals surface area contributed by atoms with Crippen LogP contribution >= 0.6 is 0 Å². The average molecular weight is 1360 g/mol. The number of amides is 2. The van der Waals surface area contributed by atoms with Crippen molar-refractivity contribution in [3.05, 3.63) is 105 Å². The van der Waals surface area contributed by atoms with Crippen LogP contribution in [0.25, 0.3) is 22.3 Å². The number of hydrogen-bond acceptors (Lipinski definition) is 18. The average Bonchev–Trinajstić information content (AvgIpc) is 1.54. The summed E-state index contributed by atoms with van der Waals surface area (Å²) < 4.78 is 116. The maximum absolute atomic E-state index is 14.0. The van der Waals surface area contributed by atoms with Crippen LogP contribution in [0.4, 0.5) is 25.1 Å². The van der Waals surface area contributed by atoms with E-state index in [1.165, 1.54) is 6.33 Å². The molecule has 4 fully saturated rings. The van der Waals surface area contributed by atoms with Crippen molar-refractivity contribution in [2.24, 2.45) is 11.8 Å². The van der Waals surface area contributed by atoms with Gasteiger partial charge in [0, 0.05) is 11.8 Å². The van der Waals surface area contributed by atoms with Crippen LogP contribution in [-0.2, 0) is 64.9 Å². The number of imidazole rings is 2. The van der Waals surface area contributed by atoms with Crippen molar-refractivity contribution < 1.29 is 68.3 Å². The molecule has 8 atom stereocenters. The van der Waals surface area contributed by atoms with E-state index in [0.717, 1.165) is 29.3 Å². The molecule has 24 nitrogen and oxygen atoms in total. The SMILES string of the molecule is CC[C@@]1(C2(O[Si](C)(C)C(C)(C)C)CC2)O[C@@H](n2cnc3c(=O)[nH]c(NC(=O)C(C)C)nc32)C(O)[C@H]1OCc1ccccc1.CC[C@@]1(C2(O[Si](C)(C)C(C)(C)C)CC2)O[C@@H](n2cnc3c(=O)[nH]c(NC(=O)C(C)C)nc32)C(OS(=O)(=O)C(F)(F)F)[C@H]1OCc1ccccc1. The third kappa shape index (κ3) is 13.7. The number of H-pyrrole nitrogens is 2. The van der Waals surface area contributed by atoms with Gasteiger partial charge in [-0.15, -0.1) is 0 Å². The van der Waals surface area contributed by atoms with Crippen LogP contribution in [0.15, 0.2) is 82.9 Å². The molecule has 2 aliphatic carbocycles. The second-order valence-corrected chi connectivity index (χ2v) is 39.4. The molecule has 30 heteroatoms. The Morgan fingerprint density at radius 2 is 1.04 bits per heavy atom. The van der Waals surface area contributed by atoms with E-state index in [-0.39, 0.29) is 75.8 Å². The molecule has 93 heavy (non-hydrogen) atoms. The molecule has 4 aliphatic rings. The van der Waals surface area contributed by atoms with Gasteiger partial charge in [-0.25, -0.2) is 9.97 Å². The van der Waals surface area contributed by atoms with Gasteiger partial charge in [-0.3, -0.25) is 53.1 Å². The Morgan fingerprint density at radius 3 is 1.41 bits per heavy atom. The minimum absolute atomic E-state index is 0.00370. The first kappa shape index (κ1) is 71.2. The standard InChI is InChI=1S/C32H44F3N5O8SSi.C31H45N5O6Si/c1-9-31(30(15-16-30)48-50(7,8)29(4,5)6)23(45-17-20-13-11-10-12-14-20)22(47-49(43,44)32(33,34)35)27(46-31)40-18-36-21-24(40)37-28(39-26(21)42)38-25(41)19(2)3;1-9-31(30(15-16-30)42-43(7,8)29(4,5)6)23(40-17-20-13-11-10-12-14-20)22(37)27(41-31)36-18-32-21-24(36)33-28(35-26(21)39)34-25(38)19(2)3/h10-14,18-19,22-23,27H,9,15-17H2,1-8H3,(H2,37,38,39,41,42);10-14,18-19,22-23,27,37H,9,15-17H2,1-8H3,(H2,33,34,35,38,39)/t2*22?,23-,27-,31-/m11/s1. The summed E-state index contributed by atoms with van der Waals surface area (Å²) in [7, 11) is -11.1. The molecule has 2 saturated carbocycles. The molecule has 2 amide bonds. The summed E-state index contributed by atoms with van der Waals surface area (Å²) in [6.45, 7) is 32.0. The Balaban J connectivity index is 0.000000222. The minimum Gasteiger partial charge on any atom is -0.408 e. The molecule has 510 valence electrons. The molecule has 0 bridgehead atoms. The number of aliphatic hydroxyl groups excluding tert-OH is 1. The van der Waals surface area contributed by atoms with Crippen molar-refractivity contribution in [3.63, 3.8) is 0 Å². The number of halogens is 3. The number of ether oxygens (including phenoxy) is 4. The van der Waals surface area contributed by atoms with E-state index >= 15 is 0 Å². The van der Waals surface area contributed by atoms with Crippen molar-refractivity contribution >= 4 is 72.8 Å². The first-order valence-corrected chi connectivity index (χ1v) is 38.8. The number of hydrogen-bond donors (Lipinski definition) is 5. The number of aliphatic hydroxyl groups is 1. The second kappa shape index (κ2) is 25.8. The molecule has 2 unspecified atom stereocenters. The number of carbonyl (C=O) groups is 2. The van der Waals surface area contributed by atoms with Gasteiger partial charge >= 0.3 is 15.6 Å². The molecule has 2 aromatic carbocycles. The topological polar surface area (TPSA) is 304 Å². The lowest BCUT2D eigenvalue weighted by molar-refractivity contribution is -0.184. The maximum atomic E-state index is 14.0. The number of fused-ring (bicyclic) bond motifs is 2. The van der Waals surface area contributed by atoms with Crippen LogP contribution in [0.3, 0.4) is 0 Å². The van der Waals surface area contributed by atoms with Gasteiger partial charge in [0.05, 0.1) is 37.1 Å². The van der Waals surface area contributed by atoms with E-state index in [9.17, 15) is 45.9 Å². The van der Waals surface area contributed by atoms with Crippen LogP contribution in [0.1, 0.15) is 145 Å². The van der Waals surface area contributed by atoms with Gasteiger partial charge in [0.1, 0.15) is 29.5 Å². The highest BCUT2D eigenvalue weighted by atomic mass is 32.2. The van der Waals surface area contributed by atoms with Gasteiger partial charge in [-0.2, -0.15) is 31.6 Å². The molecule has 6 aromatic rings. The van der Waals surface area contributed by atoms with E-state index in [1.54, 1.807) is 69.5 Å². The van der Waals surface area contributed by atoms with Crippen LogP contribution in [0.2, 0.25) is 36.3 Å². The third-order valence-electron chi connectivity index (χ3n) is 19.3. The van der Waals surface area contributed by atoms with Crippen molar-refractivity contribution in [1.29, 1.82) is 0 Å². The van der Waals surface area contributed by atoms with Crippen LogP contribution < -0.4 is 21.8 Å². The molecular formula is C63H89F3N10O14SSi2. The highest BCUT2D eigenvalue weighted by Gasteiger charge is 2.75. The van der Waals surface area contributed by atoms with Gasteiger partial charge in [-0.05, 0) is 85.9 Å². The molecule has 2 aliphatic heterocycles. The predicted octanol–water partition coefficient (Wildman–Crippen LogP) is 10.7. The van der Waals surface area contributed by atoms with Gasteiger partial charge < -0.3 is 32.9 Å². The predicted molar refractivity (Wildman–Crippen MR) is 346 cm³/mol. The minimum atomic E-state index is -6.23. The Bertz CT molecular complexity index is 3920. The Labute approximate surface area is 541 Å². The maximum Gasteiger partial charge on any atom is 0.523 e.